The number of hydrogen-bond acceptors (Lipinski definition) is 2. The zero-order chi connectivity index (χ0) is 14.2. The number of benzene rings is 1. The number of likely N-dealkylation sites (tertiary alicyclic amines) is 1. The molecule has 1 saturated heterocycles. The van der Waals surface area contributed by atoms with E-state index in [0.717, 1.165) is 6.07 Å². The van der Waals surface area contributed by atoms with Crippen LogP contribution >= 0.6 is 0 Å². The lowest BCUT2D eigenvalue weighted by atomic mass is 9.85. The van der Waals surface area contributed by atoms with Crippen molar-refractivity contribution in [2.24, 2.45) is 11.8 Å². The highest BCUT2D eigenvalue weighted by atomic mass is 19.2. The fourth-order valence-corrected chi connectivity index (χ4v) is 2.42. The predicted molar refractivity (Wildman–Crippen MR) is 66.6 cm³/mol. The van der Waals surface area contributed by atoms with Gasteiger partial charge in [0.15, 0.2) is 11.6 Å². The van der Waals surface area contributed by atoms with E-state index in [-0.39, 0.29) is 12.0 Å². The second-order valence-electron chi connectivity index (χ2n) is 5.16. The van der Waals surface area contributed by atoms with Crippen LogP contribution in [-0.2, 0) is 4.79 Å². The maximum absolute atomic E-state index is 13.7. The summed E-state index contributed by atoms with van der Waals surface area (Å²) in [5, 5.41) is 8.91. The van der Waals surface area contributed by atoms with Gasteiger partial charge in [0.25, 0.3) is 0 Å². The van der Waals surface area contributed by atoms with E-state index in [2.05, 4.69) is 0 Å². The van der Waals surface area contributed by atoms with Crippen molar-refractivity contribution in [3.63, 3.8) is 0 Å². The number of aliphatic carboxylic acids is 1. The number of rotatable bonds is 4. The van der Waals surface area contributed by atoms with Crippen molar-refractivity contribution in [1.82, 2.24) is 4.90 Å². The van der Waals surface area contributed by atoms with E-state index in [0.29, 0.717) is 18.7 Å². The first kappa shape index (κ1) is 13.9. The molecule has 1 N–H and O–H groups in total. The van der Waals surface area contributed by atoms with E-state index in [1.807, 2.05) is 4.90 Å². The highest BCUT2D eigenvalue weighted by Gasteiger charge is 2.37. The van der Waals surface area contributed by atoms with Gasteiger partial charge in [-0.2, -0.15) is 0 Å². The Bertz CT molecular complexity index is 486. The quantitative estimate of drug-likeness (QED) is 0.913. The summed E-state index contributed by atoms with van der Waals surface area (Å²) in [6.07, 6.45) is 0. The van der Waals surface area contributed by atoms with Crippen LogP contribution in [0.5, 0.6) is 0 Å². The Hall–Kier alpha value is -1.49. The summed E-state index contributed by atoms with van der Waals surface area (Å²) in [7, 11) is 0. The van der Waals surface area contributed by atoms with Crippen molar-refractivity contribution >= 4 is 5.97 Å². The Morgan fingerprint density at radius 3 is 2.58 bits per heavy atom. The van der Waals surface area contributed by atoms with Crippen LogP contribution in [0.1, 0.15) is 25.5 Å². The molecule has 1 aromatic carbocycles. The van der Waals surface area contributed by atoms with Crippen LogP contribution in [0.4, 0.5) is 8.78 Å². The second-order valence-corrected chi connectivity index (χ2v) is 5.16. The van der Waals surface area contributed by atoms with E-state index in [9.17, 15) is 13.6 Å². The van der Waals surface area contributed by atoms with Gasteiger partial charge in [-0.15, -0.1) is 0 Å². The third-order valence-corrected chi connectivity index (χ3v) is 4.01. The lowest BCUT2D eigenvalue weighted by Gasteiger charge is -2.45. The molecule has 0 amide bonds. The van der Waals surface area contributed by atoms with Gasteiger partial charge in [0, 0.05) is 24.7 Å². The Labute approximate surface area is 110 Å². The summed E-state index contributed by atoms with van der Waals surface area (Å²) in [5.74, 6) is -2.79. The monoisotopic (exact) mass is 269 g/mol. The van der Waals surface area contributed by atoms with Crippen molar-refractivity contribution in [2.75, 3.05) is 13.1 Å². The third-order valence-electron chi connectivity index (χ3n) is 4.01. The molecule has 0 bridgehead atoms. The summed E-state index contributed by atoms with van der Waals surface area (Å²) in [6.45, 7) is 4.69. The molecule has 1 aromatic rings. The number of nitrogens with zero attached hydrogens (tertiary/aromatic N) is 1. The molecular formula is C14H17F2NO2. The van der Waals surface area contributed by atoms with Crippen LogP contribution in [0.15, 0.2) is 18.2 Å². The molecule has 0 saturated carbocycles. The summed E-state index contributed by atoms with van der Waals surface area (Å²) < 4.78 is 26.8. The van der Waals surface area contributed by atoms with Gasteiger partial charge in [-0.1, -0.05) is 19.1 Å². The van der Waals surface area contributed by atoms with Gasteiger partial charge in [0.1, 0.15) is 0 Å². The molecule has 1 heterocycles. The molecule has 5 heteroatoms. The SMILES string of the molecule is CC(C(=O)O)C1CN(C(C)c2cccc(F)c2F)C1. The van der Waals surface area contributed by atoms with Crippen molar-refractivity contribution in [2.45, 2.75) is 19.9 Å². The van der Waals surface area contributed by atoms with Crippen LogP contribution in [-0.4, -0.2) is 29.1 Å². The highest BCUT2D eigenvalue weighted by Crippen LogP contribution is 2.33. The van der Waals surface area contributed by atoms with Gasteiger partial charge < -0.3 is 5.11 Å². The lowest BCUT2D eigenvalue weighted by molar-refractivity contribution is -0.146. The fourth-order valence-electron chi connectivity index (χ4n) is 2.42. The molecule has 0 radical (unpaired) electrons. The standard InChI is InChI=1S/C14H17F2NO2/c1-8(14(18)19)10-6-17(7-10)9(2)11-4-3-5-12(15)13(11)16/h3-5,8-10H,6-7H2,1-2H3,(H,18,19). The minimum atomic E-state index is -0.847. The molecule has 0 aliphatic carbocycles. The van der Waals surface area contributed by atoms with E-state index < -0.39 is 23.5 Å². The molecule has 0 aromatic heterocycles. The van der Waals surface area contributed by atoms with Gasteiger partial charge in [-0.05, 0) is 18.9 Å². The normalized spacial score (nSPS) is 19.8. The van der Waals surface area contributed by atoms with Crippen LogP contribution in [0.2, 0.25) is 0 Å². The van der Waals surface area contributed by atoms with Crippen LogP contribution in [0.3, 0.4) is 0 Å². The molecule has 2 rings (SSSR count). The Morgan fingerprint density at radius 1 is 1.37 bits per heavy atom. The fraction of sp³-hybridized carbons (Fsp3) is 0.500. The number of carboxylic acid groups (broad SMARTS) is 1. The van der Waals surface area contributed by atoms with Crippen LogP contribution in [0, 0.1) is 23.5 Å². The zero-order valence-corrected chi connectivity index (χ0v) is 10.9. The Balaban J connectivity index is 2.02. The first-order chi connectivity index (χ1) is 8.91. The average Bonchev–Trinajstić information content (AvgIpc) is 2.30. The Morgan fingerprint density at radius 2 is 2.00 bits per heavy atom. The second kappa shape index (κ2) is 5.25. The molecule has 1 fully saturated rings. The van der Waals surface area contributed by atoms with Crippen LogP contribution in [0.25, 0.3) is 0 Å². The van der Waals surface area contributed by atoms with Crippen molar-refractivity contribution < 1.29 is 18.7 Å². The topological polar surface area (TPSA) is 40.5 Å². The third kappa shape index (κ3) is 2.61. The average molecular weight is 269 g/mol. The van der Waals surface area contributed by atoms with Crippen molar-refractivity contribution in [3.05, 3.63) is 35.4 Å². The zero-order valence-electron chi connectivity index (χ0n) is 10.9. The summed E-state index contributed by atoms with van der Waals surface area (Å²) >= 11 is 0. The van der Waals surface area contributed by atoms with E-state index >= 15 is 0 Å². The van der Waals surface area contributed by atoms with E-state index in [1.54, 1.807) is 19.9 Å². The maximum Gasteiger partial charge on any atom is 0.306 e. The summed E-state index contributed by atoms with van der Waals surface area (Å²) in [4.78, 5) is 12.8. The molecule has 19 heavy (non-hydrogen) atoms. The number of carbonyl (C=O) groups is 1. The molecule has 1 aliphatic rings. The van der Waals surface area contributed by atoms with Gasteiger partial charge in [0.05, 0.1) is 5.92 Å². The number of hydrogen-bond donors (Lipinski definition) is 1. The molecule has 104 valence electrons. The maximum atomic E-state index is 13.7. The lowest BCUT2D eigenvalue weighted by Crippen LogP contribution is -2.51. The molecule has 2 atom stereocenters. The van der Waals surface area contributed by atoms with E-state index in [4.69, 9.17) is 5.11 Å². The largest absolute Gasteiger partial charge is 0.481 e. The van der Waals surface area contributed by atoms with Crippen LogP contribution < -0.4 is 0 Å². The first-order valence-electron chi connectivity index (χ1n) is 6.32. The Kier molecular flexibility index (Phi) is 3.85. The summed E-state index contributed by atoms with van der Waals surface area (Å²) in [6, 6.07) is 3.91. The molecular weight excluding hydrogens is 252 g/mol. The van der Waals surface area contributed by atoms with Gasteiger partial charge in [-0.25, -0.2) is 8.78 Å². The van der Waals surface area contributed by atoms with Gasteiger partial charge in [0.2, 0.25) is 0 Å². The first-order valence-corrected chi connectivity index (χ1v) is 6.32. The predicted octanol–water partition coefficient (Wildman–Crippen LogP) is 2.68. The molecule has 0 spiro atoms. The van der Waals surface area contributed by atoms with Crippen molar-refractivity contribution in [1.29, 1.82) is 0 Å². The molecule has 1 aliphatic heterocycles. The minimum Gasteiger partial charge on any atom is -0.481 e. The number of halogens is 2. The minimum absolute atomic E-state index is 0.0802. The van der Waals surface area contributed by atoms with Gasteiger partial charge >= 0.3 is 5.97 Å². The van der Waals surface area contributed by atoms with Crippen molar-refractivity contribution in [3.8, 4) is 0 Å². The smallest absolute Gasteiger partial charge is 0.306 e. The summed E-state index contributed by atoms with van der Waals surface area (Å²) in [5.41, 5.74) is 0.321. The molecule has 3 nitrogen and oxygen atoms in total. The highest BCUT2D eigenvalue weighted by molar-refractivity contribution is 5.70. The van der Waals surface area contributed by atoms with Gasteiger partial charge in [-0.3, -0.25) is 9.69 Å². The van der Waals surface area contributed by atoms with E-state index in [1.165, 1.54) is 6.07 Å². The molecule has 2 unspecified atom stereocenters. The number of carboxylic acids is 1.